The molecule has 0 aliphatic heterocycles. The summed E-state index contributed by atoms with van der Waals surface area (Å²) in [4.78, 5) is 3.71. The summed E-state index contributed by atoms with van der Waals surface area (Å²) in [5.41, 5.74) is 0.768. The fourth-order valence-electron chi connectivity index (χ4n) is 1.50. The molecule has 0 radical (unpaired) electrons. The van der Waals surface area contributed by atoms with Gasteiger partial charge in [-0.25, -0.2) is 8.78 Å². The Balaban J connectivity index is 2.15. The van der Waals surface area contributed by atoms with Crippen LogP contribution in [0.2, 0.25) is 5.02 Å². The van der Waals surface area contributed by atoms with Gasteiger partial charge in [-0.3, -0.25) is 0 Å². The van der Waals surface area contributed by atoms with E-state index >= 15 is 0 Å². The lowest BCUT2D eigenvalue weighted by atomic mass is 10.2. The summed E-state index contributed by atoms with van der Waals surface area (Å²) in [5.74, 6) is -1.94. The zero-order valence-corrected chi connectivity index (χ0v) is 10.8. The van der Waals surface area contributed by atoms with E-state index in [1.165, 1.54) is 7.05 Å². The summed E-state index contributed by atoms with van der Waals surface area (Å²) in [7, 11) is 1.49. The van der Waals surface area contributed by atoms with E-state index in [1.54, 1.807) is 24.3 Å². The van der Waals surface area contributed by atoms with Crippen molar-refractivity contribution in [2.45, 2.75) is 6.61 Å². The number of hydrogen-bond donors (Lipinski definition) is 1. The normalized spacial score (nSPS) is 10.3. The molecule has 0 aliphatic rings. The van der Waals surface area contributed by atoms with Gasteiger partial charge in [0, 0.05) is 18.1 Å². The number of nitrogens with one attached hydrogen (secondary N) is 1. The van der Waals surface area contributed by atoms with E-state index in [1.807, 2.05) is 0 Å². The first-order chi connectivity index (χ1) is 9.10. The third kappa shape index (κ3) is 3.32. The zero-order valence-electron chi connectivity index (χ0n) is 10.1. The highest BCUT2D eigenvalue weighted by atomic mass is 35.5. The molecule has 0 unspecified atom stereocenters. The molecule has 0 aliphatic carbocycles. The Labute approximate surface area is 114 Å². The molecule has 0 saturated heterocycles. The smallest absolute Gasteiger partial charge is 0.252 e. The molecule has 0 bridgehead atoms. The Bertz CT molecular complexity index is 593. The third-order valence-electron chi connectivity index (χ3n) is 2.40. The fourth-order valence-corrected chi connectivity index (χ4v) is 1.72. The van der Waals surface area contributed by atoms with Crippen molar-refractivity contribution in [2.24, 2.45) is 0 Å². The highest BCUT2D eigenvalue weighted by molar-refractivity contribution is 6.30. The molecule has 2 aromatic rings. The molecule has 0 fully saturated rings. The van der Waals surface area contributed by atoms with Crippen LogP contribution in [0.4, 0.5) is 14.6 Å². The first-order valence-corrected chi connectivity index (χ1v) is 5.89. The summed E-state index contributed by atoms with van der Waals surface area (Å²) in [6.45, 7) is 0.0965. The Hall–Kier alpha value is -1.88. The van der Waals surface area contributed by atoms with Crippen LogP contribution in [-0.2, 0) is 6.61 Å². The molecule has 2 rings (SSSR count). The predicted octanol–water partition coefficient (Wildman–Crippen LogP) is 3.63. The maximum atomic E-state index is 13.5. The summed E-state index contributed by atoms with van der Waals surface area (Å²) in [5, 5.41) is 3.08. The van der Waals surface area contributed by atoms with Crippen LogP contribution in [0.1, 0.15) is 5.56 Å². The third-order valence-corrected chi connectivity index (χ3v) is 2.63. The molecule has 19 heavy (non-hydrogen) atoms. The topological polar surface area (TPSA) is 34.2 Å². The predicted molar refractivity (Wildman–Crippen MR) is 69.5 cm³/mol. The van der Waals surface area contributed by atoms with Crippen molar-refractivity contribution in [2.75, 3.05) is 12.4 Å². The minimum atomic E-state index is -0.849. The standard InChI is InChI=1S/C13H11ClF2N2O/c1-17-12-10(15)6-11(16)13(18-12)19-7-8-3-2-4-9(14)5-8/h2-6H,7H2,1H3,(H,17,18). The number of nitrogens with zero attached hydrogens (tertiary/aromatic N) is 1. The second kappa shape index (κ2) is 5.84. The molecule has 1 heterocycles. The quantitative estimate of drug-likeness (QED) is 0.931. The van der Waals surface area contributed by atoms with Crippen LogP contribution < -0.4 is 10.1 Å². The zero-order chi connectivity index (χ0) is 13.8. The maximum absolute atomic E-state index is 13.5. The molecule has 0 amide bonds. The number of anilines is 1. The molecule has 1 N–H and O–H groups in total. The largest absolute Gasteiger partial charge is 0.471 e. The Morgan fingerprint density at radius 1 is 1.26 bits per heavy atom. The summed E-state index contributed by atoms with van der Waals surface area (Å²) in [6, 6.07) is 7.69. The Morgan fingerprint density at radius 3 is 2.74 bits per heavy atom. The van der Waals surface area contributed by atoms with E-state index in [-0.39, 0.29) is 18.3 Å². The van der Waals surface area contributed by atoms with Gasteiger partial charge >= 0.3 is 0 Å². The lowest BCUT2D eigenvalue weighted by Gasteiger charge is -2.09. The van der Waals surface area contributed by atoms with Gasteiger partial charge in [0.1, 0.15) is 6.61 Å². The lowest BCUT2D eigenvalue weighted by molar-refractivity contribution is 0.276. The molecular weight excluding hydrogens is 274 g/mol. The van der Waals surface area contributed by atoms with Crippen LogP contribution in [0, 0.1) is 11.6 Å². The van der Waals surface area contributed by atoms with Gasteiger partial charge in [0.2, 0.25) is 0 Å². The average molecular weight is 285 g/mol. The summed E-state index contributed by atoms with van der Waals surface area (Å²) < 4.78 is 31.9. The summed E-state index contributed by atoms with van der Waals surface area (Å²) in [6.07, 6.45) is 0. The van der Waals surface area contributed by atoms with Crippen LogP contribution in [0.3, 0.4) is 0 Å². The first-order valence-electron chi connectivity index (χ1n) is 5.51. The van der Waals surface area contributed by atoms with E-state index in [4.69, 9.17) is 16.3 Å². The van der Waals surface area contributed by atoms with Gasteiger partial charge in [0.25, 0.3) is 5.88 Å². The van der Waals surface area contributed by atoms with E-state index in [0.717, 1.165) is 11.6 Å². The van der Waals surface area contributed by atoms with Gasteiger partial charge in [-0.05, 0) is 17.7 Å². The van der Waals surface area contributed by atoms with Crippen molar-refractivity contribution in [3.05, 3.63) is 52.6 Å². The SMILES string of the molecule is CNc1nc(OCc2cccc(Cl)c2)c(F)cc1F. The highest BCUT2D eigenvalue weighted by Gasteiger charge is 2.12. The Kier molecular flexibility index (Phi) is 4.16. The van der Waals surface area contributed by atoms with Crippen molar-refractivity contribution >= 4 is 17.4 Å². The van der Waals surface area contributed by atoms with E-state index < -0.39 is 11.6 Å². The Morgan fingerprint density at radius 2 is 2.05 bits per heavy atom. The molecule has 3 nitrogen and oxygen atoms in total. The van der Waals surface area contributed by atoms with Crippen LogP contribution in [0.25, 0.3) is 0 Å². The monoisotopic (exact) mass is 284 g/mol. The lowest BCUT2D eigenvalue weighted by Crippen LogP contribution is -2.04. The number of ether oxygens (including phenoxy) is 1. The molecule has 1 aromatic carbocycles. The van der Waals surface area contributed by atoms with Gasteiger partial charge in [0.05, 0.1) is 0 Å². The second-order valence-electron chi connectivity index (χ2n) is 3.77. The second-order valence-corrected chi connectivity index (χ2v) is 4.21. The van der Waals surface area contributed by atoms with E-state index in [2.05, 4.69) is 10.3 Å². The van der Waals surface area contributed by atoms with E-state index in [9.17, 15) is 8.78 Å². The van der Waals surface area contributed by atoms with Crippen LogP contribution >= 0.6 is 11.6 Å². The van der Waals surface area contributed by atoms with Crippen molar-refractivity contribution < 1.29 is 13.5 Å². The van der Waals surface area contributed by atoms with Crippen molar-refractivity contribution in [1.82, 2.24) is 4.98 Å². The molecular formula is C13H11ClF2N2O. The highest BCUT2D eigenvalue weighted by Crippen LogP contribution is 2.21. The van der Waals surface area contributed by atoms with Crippen molar-refractivity contribution in [3.8, 4) is 5.88 Å². The average Bonchev–Trinajstić information content (AvgIpc) is 2.38. The molecule has 100 valence electrons. The van der Waals surface area contributed by atoms with Crippen molar-refractivity contribution in [1.29, 1.82) is 0 Å². The summed E-state index contributed by atoms with van der Waals surface area (Å²) >= 11 is 5.82. The maximum Gasteiger partial charge on any atom is 0.252 e. The number of aromatic nitrogens is 1. The first kappa shape index (κ1) is 13.5. The fraction of sp³-hybridized carbons (Fsp3) is 0.154. The van der Waals surface area contributed by atoms with Crippen LogP contribution in [0.5, 0.6) is 5.88 Å². The van der Waals surface area contributed by atoms with Gasteiger partial charge in [-0.15, -0.1) is 0 Å². The number of hydrogen-bond acceptors (Lipinski definition) is 3. The molecule has 0 spiro atoms. The molecule has 0 atom stereocenters. The molecule has 1 aromatic heterocycles. The van der Waals surface area contributed by atoms with Crippen LogP contribution in [0.15, 0.2) is 30.3 Å². The van der Waals surface area contributed by atoms with Crippen LogP contribution in [-0.4, -0.2) is 12.0 Å². The molecule has 0 saturated carbocycles. The van der Waals surface area contributed by atoms with Gasteiger partial charge < -0.3 is 10.1 Å². The number of halogens is 3. The van der Waals surface area contributed by atoms with Gasteiger partial charge in [-0.1, -0.05) is 23.7 Å². The van der Waals surface area contributed by atoms with Crippen molar-refractivity contribution in [3.63, 3.8) is 0 Å². The van der Waals surface area contributed by atoms with Gasteiger partial charge in [0.15, 0.2) is 17.5 Å². The minimum Gasteiger partial charge on any atom is -0.471 e. The van der Waals surface area contributed by atoms with E-state index in [0.29, 0.717) is 5.02 Å². The minimum absolute atomic E-state index is 0.0671. The van der Waals surface area contributed by atoms with Gasteiger partial charge in [-0.2, -0.15) is 4.98 Å². The molecule has 6 heteroatoms. The number of pyridine rings is 1. The number of benzene rings is 1. The number of rotatable bonds is 4.